The van der Waals surface area contributed by atoms with E-state index < -0.39 is 12.0 Å². The van der Waals surface area contributed by atoms with Gasteiger partial charge in [0.15, 0.2) is 0 Å². The molecule has 1 aliphatic rings. The van der Waals surface area contributed by atoms with E-state index in [9.17, 15) is 14.7 Å². The minimum atomic E-state index is -1.03. The molecule has 114 valence electrons. The van der Waals surface area contributed by atoms with Crippen LogP contribution in [0, 0.1) is 0 Å². The third-order valence-electron chi connectivity index (χ3n) is 3.51. The Morgan fingerprint density at radius 1 is 1.43 bits per heavy atom. The van der Waals surface area contributed by atoms with Gasteiger partial charge in [0.25, 0.3) is 0 Å². The zero-order valence-electron chi connectivity index (χ0n) is 12.0. The van der Waals surface area contributed by atoms with E-state index in [-0.39, 0.29) is 18.5 Å². The van der Waals surface area contributed by atoms with Crippen molar-refractivity contribution in [3.63, 3.8) is 0 Å². The maximum Gasteiger partial charge on any atom is 0.326 e. The number of carbonyl (C=O) groups excluding carboxylic acids is 1. The van der Waals surface area contributed by atoms with Crippen LogP contribution in [0.1, 0.15) is 12.5 Å². The molecule has 2 amide bonds. The minimum Gasteiger partial charge on any atom is -0.480 e. The lowest BCUT2D eigenvalue weighted by Crippen LogP contribution is -2.55. The summed E-state index contributed by atoms with van der Waals surface area (Å²) in [6.07, 6.45) is 0.265. The number of carbonyl (C=O) groups is 2. The van der Waals surface area contributed by atoms with E-state index in [2.05, 4.69) is 5.32 Å². The molecule has 1 unspecified atom stereocenters. The summed E-state index contributed by atoms with van der Waals surface area (Å²) in [7, 11) is 0. The summed E-state index contributed by atoms with van der Waals surface area (Å²) in [5, 5.41) is 11.9. The van der Waals surface area contributed by atoms with Crippen molar-refractivity contribution < 1.29 is 19.4 Å². The molecule has 0 saturated carbocycles. The van der Waals surface area contributed by atoms with Gasteiger partial charge >= 0.3 is 12.0 Å². The van der Waals surface area contributed by atoms with Gasteiger partial charge in [0.1, 0.15) is 6.04 Å². The fraction of sp³-hybridized carbons (Fsp3) is 0.467. The van der Waals surface area contributed by atoms with Gasteiger partial charge in [-0.2, -0.15) is 0 Å². The molecule has 1 fully saturated rings. The van der Waals surface area contributed by atoms with E-state index in [1.54, 1.807) is 4.90 Å². The molecule has 21 heavy (non-hydrogen) atoms. The predicted molar refractivity (Wildman–Crippen MR) is 77.1 cm³/mol. The average Bonchev–Trinajstić information content (AvgIpc) is 2.48. The Kier molecular flexibility index (Phi) is 5.16. The molecule has 0 aliphatic carbocycles. The number of hydrogen-bond acceptors (Lipinski definition) is 3. The molecule has 2 atom stereocenters. The molecule has 2 N–H and O–H groups in total. The topological polar surface area (TPSA) is 78.9 Å². The van der Waals surface area contributed by atoms with Gasteiger partial charge in [-0.25, -0.2) is 9.59 Å². The SMILES string of the molecule is CC1COCCN1C(=O)N[C@H](Cc1ccccc1)C(=O)O. The standard InChI is InChI=1S/C15H20N2O4/c1-11-10-21-8-7-17(11)15(20)16-13(14(18)19)9-12-5-3-2-4-6-12/h2-6,11,13H,7-10H2,1H3,(H,16,20)(H,18,19)/t11?,13-/m1/s1. The van der Waals surface area contributed by atoms with Gasteiger partial charge in [0.2, 0.25) is 0 Å². The van der Waals surface area contributed by atoms with Crippen molar-refractivity contribution in [2.24, 2.45) is 0 Å². The van der Waals surface area contributed by atoms with Gasteiger partial charge in [-0.05, 0) is 12.5 Å². The highest BCUT2D eigenvalue weighted by Crippen LogP contribution is 2.08. The second-order valence-electron chi connectivity index (χ2n) is 5.15. The first kappa shape index (κ1) is 15.3. The summed E-state index contributed by atoms with van der Waals surface area (Å²) < 4.78 is 5.27. The lowest BCUT2D eigenvalue weighted by Gasteiger charge is -2.34. The van der Waals surface area contributed by atoms with Crippen molar-refractivity contribution in [3.8, 4) is 0 Å². The van der Waals surface area contributed by atoms with Crippen LogP contribution in [0.5, 0.6) is 0 Å². The number of aliphatic carboxylic acids is 1. The maximum absolute atomic E-state index is 12.2. The van der Waals surface area contributed by atoms with Gasteiger partial charge in [0, 0.05) is 13.0 Å². The number of nitrogens with zero attached hydrogens (tertiary/aromatic N) is 1. The number of ether oxygens (including phenoxy) is 1. The number of urea groups is 1. The zero-order valence-corrected chi connectivity index (χ0v) is 12.0. The lowest BCUT2D eigenvalue weighted by atomic mass is 10.1. The number of amides is 2. The Balaban J connectivity index is 1.99. The second kappa shape index (κ2) is 7.08. The van der Waals surface area contributed by atoms with Gasteiger partial charge < -0.3 is 20.1 Å². The van der Waals surface area contributed by atoms with Crippen LogP contribution in [0.4, 0.5) is 4.79 Å². The molecule has 1 saturated heterocycles. The van der Waals surface area contributed by atoms with Crippen LogP contribution in [-0.4, -0.2) is 53.8 Å². The Morgan fingerprint density at radius 3 is 2.76 bits per heavy atom. The maximum atomic E-state index is 12.2. The normalized spacial score (nSPS) is 19.9. The smallest absolute Gasteiger partial charge is 0.326 e. The van der Waals surface area contributed by atoms with Gasteiger partial charge in [-0.3, -0.25) is 0 Å². The molecule has 6 nitrogen and oxygen atoms in total. The molecule has 0 spiro atoms. The number of carboxylic acid groups (broad SMARTS) is 1. The third kappa shape index (κ3) is 4.19. The summed E-state index contributed by atoms with van der Waals surface area (Å²) in [5.41, 5.74) is 0.875. The van der Waals surface area contributed by atoms with Gasteiger partial charge in [-0.15, -0.1) is 0 Å². The van der Waals surface area contributed by atoms with E-state index in [1.165, 1.54) is 0 Å². The van der Waals surface area contributed by atoms with E-state index in [0.29, 0.717) is 19.8 Å². The molecule has 1 aliphatic heterocycles. The molecule has 2 rings (SSSR count). The van der Waals surface area contributed by atoms with E-state index in [0.717, 1.165) is 5.56 Å². The quantitative estimate of drug-likeness (QED) is 0.871. The fourth-order valence-electron chi connectivity index (χ4n) is 2.31. The summed E-state index contributed by atoms with van der Waals surface area (Å²) in [6.45, 7) is 3.31. The number of benzene rings is 1. The highest BCUT2D eigenvalue weighted by atomic mass is 16.5. The number of rotatable bonds is 4. The zero-order chi connectivity index (χ0) is 15.2. The average molecular weight is 292 g/mol. The molecular formula is C15H20N2O4. The predicted octanol–water partition coefficient (Wildman–Crippen LogP) is 1.11. The van der Waals surface area contributed by atoms with Crippen LogP contribution >= 0.6 is 0 Å². The Bertz CT molecular complexity index is 492. The Hall–Kier alpha value is -2.08. The Morgan fingerprint density at radius 2 is 2.14 bits per heavy atom. The molecule has 1 aromatic carbocycles. The fourth-order valence-corrected chi connectivity index (χ4v) is 2.31. The summed E-state index contributed by atoms with van der Waals surface area (Å²) in [4.78, 5) is 25.2. The highest BCUT2D eigenvalue weighted by Gasteiger charge is 2.27. The van der Waals surface area contributed by atoms with E-state index in [1.807, 2.05) is 37.3 Å². The van der Waals surface area contributed by atoms with Crippen LogP contribution in [0.15, 0.2) is 30.3 Å². The van der Waals surface area contributed by atoms with Crippen molar-refractivity contribution in [2.45, 2.75) is 25.4 Å². The lowest BCUT2D eigenvalue weighted by molar-refractivity contribution is -0.139. The molecule has 1 aromatic rings. The van der Waals surface area contributed by atoms with Crippen LogP contribution in [0.2, 0.25) is 0 Å². The summed E-state index contributed by atoms with van der Waals surface area (Å²) in [5.74, 6) is -1.03. The number of hydrogen-bond donors (Lipinski definition) is 2. The first-order valence-electron chi connectivity index (χ1n) is 6.99. The third-order valence-corrected chi connectivity index (χ3v) is 3.51. The van der Waals surface area contributed by atoms with Gasteiger partial charge in [-0.1, -0.05) is 30.3 Å². The van der Waals surface area contributed by atoms with Crippen LogP contribution in [0.25, 0.3) is 0 Å². The molecule has 0 aromatic heterocycles. The molecule has 0 bridgehead atoms. The number of nitrogens with one attached hydrogen (secondary N) is 1. The van der Waals surface area contributed by atoms with Gasteiger partial charge in [0.05, 0.1) is 19.3 Å². The van der Waals surface area contributed by atoms with Crippen LogP contribution in [-0.2, 0) is 16.0 Å². The number of carboxylic acids is 1. The highest BCUT2D eigenvalue weighted by molar-refractivity contribution is 5.83. The van der Waals surface area contributed by atoms with Crippen LogP contribution in [0.3, 0.4) is 0 Å². The van der Waals surface area contributed by atoms with Crippen molar-refractivity contribution in [3.05, 3.63) is 35.9 Å². The summed E-state index contributed by atoms with van der Waals surface area (Å²) in [6, 6.07) is 7.92. The van der Waals surface area contributed by atoms with Crippen molar-refractivity contribution in [1.82, 2.24) is 10.2 Å². The first-order valence-corrected chi connectivity index (χ1v) is 6.99. The van der Waals surface area contributed by atoms with Crippen molar-refractivity contribution in [2.75, 3.05) is 19.8 Å². The molecular weight excluding hydrogens is 272 g/mol. The molecule has 1 heterocycles. The van der Waals surface area contributed by atoms with Crippen molar-refractivity contribution >= 4 is 12.0 Å². The van der Waals surface area contributed by atoms with Crippen LogP contribution < -0.4 is 5.32 Å². The minimum absolute atomic E-state index is 0.0510. The first-order chi connectivity index (χ1) is 10.1. The Labute approximate surface area is 123 Å². The summed E-state index contributed by atoms with van der Waals surface area (Å²) >= 11 is 0. The van der Waals surface area contributed by atoms with E-state index in [4.69, 9.17) is 4.74 Å². The monoisotopic (exact) mass is 292 g/mol. The van der Waals surface area contributed by atoms with E-state index >= 15 is 0 Å². The largest absolute Gasteiger partial charge is 0.480 e. The molecule has 6 heteroatoms. The number of morpholine rings is 1. The molecule has 0 radical (unpaired) electrons. The van der Waals surface area contributed by atoms with Crippen molar-refractivity contribution in [1.29, 1.82) is 0 Å². The second-order valence-corrected chi connectivity index (χ2v) is 5.15.